The third-order valence-corrected chi connectivity index (χ3v) is 4.72. The molecule has 0 spiro atoms. The zero-order chi connectivity index (χ0) is 19.4. The summed E-state index contributed by atoms with van der Waals surface area (Å²) in [4.78, 5) is 24.8. The second-order valence-corrected chi connectivity index (χ2v) is 6.41. The maximum atomic E-state index is 13.1. The number of ether oxygens (including phenoxy) is 2. The Morgan fingerprint density at radius 3 is 2.81 bits per heavy atom. The van der Waals surface area contributed by atoms with Crippen molar-refractivity contribution >= 4 is 16.9 Å². The third-order valence-electron chi connectivity index (χ3n) is 4.72. The molecule has 1 aliphatic heterocycles. The molecular formula is C20H23NO6. The van der Waals surface area contributed by atoms with Crippen LogP contribution in [0.3, 0.4) is 0 Å². The first-order valence-corrected chi connectivity index (χ1v) is 8.98. The Labute approximate surface area is 156 Å². The molecule has 7 nitrogen and oxygen atoms in total. The number of primary amides is 1. The summed E-state index contributed by atoms with van der Waals surface area (Å²) < 4.78 is 16.9. The molecule has 0 aliphatic carbocycles. The fourth-order valence-corrected chi connectivity index (χ4v) is 3.46. The summed E-state index contributed by atoms with van der Waals surface area (Å²) in [6.07, 6.45) is 3.28. The second-order valence-electron chi connectivity index (χ2n) is 6.41. The van der Waals surface area contributed by atoms with Gasteiger partial charge in [-0.1, -0.05) is 12.1 Å². The first kappa shape index (κ1) is 19.1. The van der Waals surface area contributed by atoms with Crippen molar-refractivity contribution in [2.75, 3.05) is 13.2 Å². The van der Waals surface area contributed by atoms with E-state index in [1.165, 1.54) is 6.26 Å². The molecule has 0 fully saturated rings. The lowest BCUT2D eigenvalue weighted by atomic mass is 9.81. The van der Waals surface area contributed by atoms with Gasteiger partial charge >= 0.3 is 0 Å². The summed E-state index contributed by atoms with van der Waals surface area (Å²) >= 11 is 0. The number of para-hydroxylation sites is 1. The highest BCUT2D eigenvalue weighted by atomic mass is 16.7. The van der Waals surface area contributed by atoms with E-state index in [2.05, 4.69) is 0 Å². The molecule has 0 unspecified atom stereocenters. The van der Waals surface area contributed by atoms with Gasteiger partial charge in [-0.2, -0.15) is 0 Å². The van der Waals surface area contributed by atoms with Gasteiger partial charge in [0.05, 0.1) is 11.6 Å². The number of benzene rings is 1. The van der Waals surface area contributed by atoms with E-state index in [1.54, 1.807) is 30.3 Å². The van der Waals surface area contributed by atoms with E-state index in [9.17, 15) is 14.7 Å². The molecule has 0 radical (unpaired) electrons. The van der Waals surface area contributed by atoms with Crippen molar-refractivity contribution in [3.63, 3.8) is 0 Å². The molecule has 1 aliphatic rings. The van der Waals surface area contributed by atoms with Crippen LogP contribution in [-0.2, 0) is 14.3 Å². The van der Waals surface area contributed by atoms with Crippen LogP contribution in [0.1, 0.15) is 31.2 Å². The molecule has 27 heavy (non-hydrogen) atoms. The number of hydrogen-bond donors (Lipinski definition) is 2. The van der Waals surface area contributed by atoms with E-state index >= 15 is 0 Å². The molecule has 1 aromatic heterocycles. The number of aliphatic hydroxyl groups excluding tert-OH is 1. The van der Waals surface area contributed by atoms with Gasteiger partial charge in [-0.3, -0.25) is 9.59 Å². The minimum atomic E-state index is -0.745. The van der Waals surface area contributed by atoms with Crippen LogP contribution in [0.2, 0.25) is 0 Å². The van der Waals surface area contributed by atoms with Crippen molar-refractivity contribution in [2.45, 2.75) is 32.0 Å². The molecule has 3 rings (SSSR count). The Balaban J connectivity index is 2.12. The zero-order valence-electron chi connectivity index (χ0n) is 15.1. The Hall–Kier alpha value is -2.64. The highest BCUT2D eigenvalue weighted by Gasteiger charge is 2.38. The van der Waals surface area contributed by atoms with Crippen LogP contribution in [0.4, 0.5) is 0 Å². The molecule has 7 heteroatoms. The number of nitrogens with two attached hydrogens (primary N) is 1. The van der Waals surface area contributed by atoms with Gasteiger partial charge in [0, 0.05) is 30.6 Å². The highest BCUT2D eigenvalue weighted by Crippen LogP contribution is 2.38. The number of aliphatic hydroxyl groups is 1. The van der Waals surface area contributed by atoms with Crippen molar-refractivity contribution in [1.82, 2.24) is 0 Å². The van der Waals surface area contributed by atoms with Crippen molar-refractivity contribution < 1.29 is 23.8 Å². The fraction of sp³-hybridized carbons (Fsp3) is 0.400. The number of carbonyl (C=O) groups is 1. The Bertz CT molecular complexity index is 903. The van der Waals surface area contributed by atoms with E-state index in [0.29, 0.717) is 36.0 Å². The molecule has 3 N–H and O–H groups in total. The van der Waals surface area contributed by atoms with E-state index < -0.39 is 18.1 Å². The summed E-state index contributed by atoms with van der Waals surface area (Å²) in [6, 6.07) is 6.98. The maximum Gasteiger partial charge on any atom is 0.283 e. The van der Waals surface area contributed by atoms with Crippen molar-refractivity contribution in [3.05, 3.63) is 58.2 Å². The lowest BCUT2D eigenvalue weighted by molar-refractivity contribution is -0.165. The molecular weight excluding hydrogens is 350 g/mol. The first-order valence-electron chi connectivity index (χ1n) is 8.98. The summed E-state index contributed by atoms with van der Waals surface area (Å²) in [6.45, 7) is 2.18. The van der Waals surface area contributed by atoms with Gasteiger partial charge in [0.25, 0.3) is 5.91 Å². The van der Waals surface area contributed by atoms with Gasteiger partial charge in [-0.25, -0.2) is 0 Å². The van der Waals surface area contributed by atoms with Gasteiger partial charge in [0.2, 0.25) is 6.29 Å². The predicted molar refractivity (Wildman–Crippen MR) is 98.8 cm³/mol. The lowest BCUT2D eigenvalue weighted by Gasteiger charge is -2.36. The number of rotatable bonds is 7. The van der Waals surface area contributed by atoms with Crippen molar-refractivity contribution in [1.29, 1.82) is 0 Å². The number of carbonyl (C=O) groups excluding carboxylic acids is 1. The van der Waals surface area contributed by atoms with Crippen LogP contribution in [0, 0.1) is 5.92 Å². The summed E-state index contributed by atoms with van der Waals surface area (Å²) in [5, 5.41) is 9.72. The zero-order valence-corrected chi connectivity index (χ0v) is 15.1. The largest absolute Gasteiger partial charge is 0.464 e. The summed E-state index contributed by atoms with van der Waals surface area (Å²) in [5.74, 6) is -1.52. The van der Waals surface area contributed by atoms with Gasteiger partial charge in [-0.15, -0.1) is 0 Å². The number of allylic oxidation sites excluding steroid dienone is 1. The Morgan fingerprint density at radius 1 is 1.33 bits per heavy atom. The van der Waals surface area contributed by atoms with Crippen LogP contribution in [-0.4, -0.2) is 30.5 Å². The smallest absolute Gasteiger partial charge is 0.283 e. The van der Waals surface area contributed by atoms with Gasteiger partial charge in [-0.05, 0) is 38.0 Å². The molecule has 2 aromatic rings. The topological polar surface area (TPSA) is 112 Å². The molecule has 144 valence electrons. The first-order chi connectivity index (χ1) is 13.1. The van der Waals surface area contributed by atoms with Crippen LogP contribution < -0.4 is 11.2 Å². The van der Waals surface area contributed by atoms with Crippen molar-refractivity contribution in [2.24, 2.45) is 11.7 Å². The van der Waals surface area contributed by atoms with Crippen LogP contribution in [0.5, 0.6) is 0 Å². The van der Waals surface area contributed by atoms with Crippen LogP contribution >= 0.6 is 0 Å². The van der Waals surface area contributed by atoms with E-state index in [-0.39, 0.29) is 23.7 Å². The second kappa shape index (κ2) is 8.37. The average molecular weight is 373 g/mol. The summed E-state index contributed by atoms with van der Waals surface area (Å²) in [5.41, 5.74) is 6.13. The SMILES string of the molecule is CCO[C@H]1OC(C(N)=O)=C[C@@H](c2coc3ccccc3c2=O)[C@@H]1CCCO. The fourth-order valence-electron chi connectivity index (χ4n) is 3.46. The quantitative estimate of drug-likeness (QED) is 0.768. The molecule has 0 bridgehead atoms. The Kier molecular flexibility index (Phi) is 5.93. The van der Waals surface area contributed by atoms with Crippen LogP contribution in [0.15, 0.2) is 51.6 Å². The third kappa shape index (κ3) is 3.89. The highest BCUT2D eigenvalue weighted by molar-refractivity contribution is 5.90. The van der Waals surface area contributed by atoms with Crippen LogP contribution in [0.25, 0.3) is 11.0 Å². The molecule has 0 saturated carbocycles. The normalized spacial score (nSPS) is 22.3. The molecule has 0 saturated heterocycles. The minimum Gasteiger partial charge on any atom is -0.464 e. The molecule has 2 heterocycles. The van der Waals surface area contributed by atoms with E-state index in [4.69, 9.17) is 19.6 Å². The number of amides is 1. The van der Waals surface area contributed by atoms with Gasteiger partial charge in [0.15, 0.2) is 11.2 Å². The minimum absolute atomic E-state index is 0.000777. The monoisotopic (exact) mass is 373 g/mol. The lowest BCUT2D eigenvalue weighted by Crippen LogP contribution is -2.39. The number of fused-ring (bicyclic) bond motifs is 1. The summed E-state index contributed by atoms with van der Waals surface area (Å²) in [7, 11) is 0. The van der Waals surface area contributed by atoms with E-state index in [1.807, 2.05) is 6.92 Å². The van der Waals surface area contributed by atoms with Gasteiger partial charge < -0.3 is 24.7 Å². The van der Waals surface area contributed by atoms with Crippen molar-refractivity contribution in [3.8, 4) is 0 Å². The average Bonchev–Trinajstić information content (AvgIpc) is 2.67. The standard InChI is InChI=1S/C20H23NO6/c1-2-25-20-12(7-5-9-22)14(10-17(27-20)19(21)24)15-11-26-16-8-4-3-6-13(16)18(15)23/h3-4,6,8,10-12,14,20,22H,2,5,7,9H2,1H3,(H2,21,24)/t12-,14+,20-/m0/s1. The molecule has 1 amide bonds. The molecule has 1 aromatic carbocycles. The number of hydrogen-bond acceptors (Lipinski definition) is 6. The Morgan fingerprint density at radius 2 is 2.11 bits per heavy atom. The predicted octanol–water partition coefficient (Wildman–Crippen LogP) is 2.03. The maximum absolute atomic E-state index is 13.1. The van der Waals surface area contributed by atoms with Gasteiger partial charge in [0.1, 0.15) is 5.58 Å². The molecule has 3 atom stereocenters. The van der Waals surface area contributed by atoms with E-state index in [0.717, 1.165) is 0 Å².